The summed E-state index contributed by atoms with van der Waals surface area (Å²) in [7, 11) is 0. The lowest BCUT2D eigenvalue weighted by molar-refractivity contribution is -0.274. The number of rotatable bonds is 6. The Hall–Kier alpha value is -2.72. The molecular weight excluding hydrogens is 453 g/mol. The van der Waals surface area contributed by atoms with Gasteiger partial charge in [-0.25, -0.2) is 4.79 Å². The van der Waals surface area contributed by atoms with E-state index in [9.17, 15) is 18.0 Å². The van der Waals surface area contributed by atoms with E-state index in [1.54, 1.807) is 23.6 Å². The van der Waals surface area contributed by atoms with Crippen molar-refractivity contribution in [3.8, 4) is 22.8 Å². The summed E-state index contributed by atoms with van der Waals surface area (Å²) in [5.41, 5.74) is 1.24. The lowest BCUT2D eigenvalue weighted by Crippen LogP contribution is -2.38. The second kappa shape index (κ2) is 10.7. The highest BCUT2D eigenvalue weighted by Gasteiger charge is 2.33. The molecule has 1 aromatic carbocycles. The molecule has 0 spiro atoms. The molecular formula is C24H29F3N2O5. The van der Waals surface area contributed by atoms with Gasteiger partial charge in [-0.1, -0.05) is 31.4 Å². The molecule has 1 aliphatic heterocycles. The summed E-state index contributed by atoms with van der Waals surface area (Å²) >= 11 is 0. The zero-order valence-corrected chi connectivity index (χ0v) is 19.0. The normalized spacial score (nSPS) is 19.6. The average molecular weight is 482 g/mol. The molecule has 7 nitrogen and oxygen atoms in total. The maximum absolute atomic E-state index is 13.0. The average Bonchev–Trinajstić information content (AvgIpc) is 3.09. The first-order valence-electron chi connectivity index (χ1n) is 11.5. The molecule has 1 aliphatic carbocycles. The van der Waals surface area contributed by atoms with Crippen LogP contribution >= 0.6 is 0 Å². The second-order valence-corrected chi connectivity index (χ2v) is 8.57. The highest BCUT2D eigenvalue weighted by Crippen LogP contribution is 2.38. The Labute approximate surface area is 196 Å². The van der Waals surface area contributed by atoms with Crippen LogP contribution in [0.1, 0.15) is 37.8 Å². The van der Waals surface area contributed by atoms with Crippen LogP contribution in [0.25, 0.3) is 11.3 Å². The number of hydrogen-bond donors (Lipinski definition) is 1. The molecule has 2 heterocycles. The minimum atomic E-state index is -4.85. The van der Waals surface area contributed by atoms with E-state index in [-0.39, 0.29) is 29.2 Å². The second-order valence-electron chi connectivity index (χ2n) is 8.57. The van der Waals surface area contributed by atoms with E-state index in [1.807, 2.05) is 0 Å². The summed E-state index contributed by atoms with van der Waals surface area (Å²) in [5.74, 6) is -0.0744. The maximum atomic E-state index is 13.0. The summed E-state index contributed by atoms with van der Waals surface area (Å²) in [6.07, 6.45) is -0.627. The highest BCUT2D eigenvalue weighted by molar-refractivity contribution is 5.75. The van der Waals surface area contributed by atoms with Crippen molar-refractivity contribution in [3.63, 3.8) is 0 Å². The van der Waals surface area contributed by atoms with E-state index >= 15 is 0 Å². The first-order chi connectivity index (χ1) is 16.3. The summed E-state index contributed by atoms with van der Waals surface area (Å²) in [4.78, 5) is 12.6. The van der Waals surface area contributed by atoms with E-state index in [1.165, 1.54) is 18.2 Å². The van der Waals surface area contributed by atoms with Crippen molar-refractivity contribution in [2.75, 3.05) is 19.8 Å². The van der Waals surface area contributed by atoms with Crippen LogP contribution in [0.3, 0.4) is 0 Å². The molecule has 1 amide bonds. The van der Waals surface area contributed by atoms with Gasteiger partial charge in [-0.2, -0.15) is 0 Å². The Morgan fingerprint density at radius 1 is 1.15 bits per heavy atom. The zero-order valence-electron chi connectivity index (χ0n) is 19.0. The van der Waals surface area contributed by atoms with Crippen LogP contribution in [0.5, 0.6) is 11.5 Å². The largest absolute Gasteiger partial charge is 0.573 e. The minimum Gasteiger partial charge on any atom is -0.408 e. The van der Waals surface area contributed by atoms with Gasteiger partial charge in [0, 0.05) is 17.7 Å². The number of amides is 1. The van der Waals surface area contributed by atoms with Crippen molar-refractivity contribution in [2.45, 2.75) is 64.1 Å². The van der Waals surface area contributed by atoms with Gasteiger partial charge in [0.05, 0.1) is 43.9 Å². The number of alkyl halides is 3. The van der Waals surface area contributed by atoms with E-state index in [2.05, 4.69) is 10.1 Å². The first kappa shape index (κ1) is 24.4. The third-order valence-electron chi connectivity index (χ3n) is 6.11. The number of ether oxygens (including phenoxy) is 4. The minimum absolute atomic E-state index is 0.0665. The van der Waals surface area contributed by atoms with Gasteiger partial charge in [0.2, 0.25) is 0 Å². The fourth-order valence-corrected chi connectivity index (χ4v) is 4.46. The number of nitrogens with zero attached hydrogens (tertiary/aromatic N) is 1. The number of hydrogen-bond acceptors (Lipinski definition) is 5. The van der Waals surface area contributed by atoms with Crippen molar-refractivity contribution < 1.29 is 36.9 Å². The fourth-order valence-electron chi connectivity index (χ4n) is 4.46. The predicted octanol–water partition coefficient (Wildman–Crippen LogP) is 5.20. The lowest BCUT2D eigenvalue weighted by Gasteiger charge is -2.25. The van der Waals surface area contributed by atoms with Crippen LogP contribution in [0.4, 0.5) is 18.0 Å². The molecule has 186 valence electrons. The molecule has 1 saturated carbocycles. The van der Waals surface area contributed by atoms with Crippen LogP contribution in [0.2, 0.25) is 0 Å². The van der Waals surface area contributed by atoms with Gasteiger partial charge in [-0.05, 0) is 31.9 Å². The van der Waals surface area contributed by atoms with Gasteiger partial charge < -0.3 is 28.8 Å². The molecule has 2 fully saturated rings. The zero-order chi connectivity index (χ0) is 24.1. The summed E-state index contributed by atoms with van der Waals surface area (Å²) in [5, 5.41) is 2.90. The molecule has 0 bridgehead atoms. The van der Waals surface area contributed by atoms with Crippen LogP contribution in [0.15, 0.2) is 30.3 Å². The molecule has 1 atom stereocenters. The molecule has 4 rings (SSSR count). The quantitative estimate of drug-likeness (QED) is 0.613. The number of halogens is 3. The third-order valence-corrected chi connectivity index (χ3v) is 6.11. The van der Waals surface area contributed by atoms with Crippen LogP contribution in [-0.2, 0) is 16.0 Å². The van der Waals surface area contributed by atoms with Crippen molar-refractivity contribution in [2.24, 2.45) is 0 Å². The molecule has 34 heavy (non-hydrogen) atoms. The number of carbonyl (C=O) groups is 1. The van der Waals surface area contributed by atoms with Crippen LogP contribution in [-0.4, -0.2) is 49.0 Å². The van der Waals surface area contributed by atoms with Gasteiger partial charge in [0.25, 0.3) is 0 Å². The SMILES string of the molecule is Cc1c(OC(=O)NC2CCCCC2)cc(-c2ccccc2OC(F)(F)F)n1CC1COCCO1. The van der Waals surface area contributed by atoms with Crippen molar-refractivity contribution >= 4 is 6.09 Å². The van der Waals surface area contributed by atoms with Gasteiger partial charge in [0.15, 0.2) is 5.75 Å². The number of nitrogens with one attached hydrogen (secondary N) is 1. The van der Waals surface area contributed by atoms with Gasteiger partial charge in [0.1, 0.15) is 5.75 Å². The summed E-state index contributed by atoms with van der Waals surface area (Å²) in [6, 6.07) is 7.52. The molecule has 2 aliphatic rings. The topological polar surface area (TPSA) is 71.0 Å². The molecule has 1 unspecified atom stereocenters. The monoisotopic (exact) mass is 482 g/mol. The molecule has 10 heteroatoms. The number of benzene rings is 1. The summed E-state index contributed by atoms with van der Waals surface area (Å²) < 4.78 is 62.0. The van der Waals surface area contributed by atoms with E-state index in [0.29, 0.717) is 37.8 Å². The highest BCUT2D eigenvalue weighted by atomic mass is 19.4. The standard InChI is InChI=1S/C24H29F3N2O5/c1-16-22(33-23(30)28-17-7-3-2-4-8-17)13-20(29(16)14-18-15-31-11-12-32-18)19-9-5-6-10-21(19)34-24(25,26)27/h5-6,9-10,13,17-18H,2-4,7-8,11-12,14-15H2,1H3,(H,28,30). The van der Waals surface area contributed by atoms with Gasteiger partial charge in [-0.3, -0.25) is 0 Å². The van der Waals surface area contributed by atoms with E-state index in [0.717, 1.165) is 32.1 Å². The Morgan fingerprint density at radius 2 is 1.91 bits per heavy atom. The molecule has 1 aromatic heterocycles. The van der Waals surface area contributed by atoms with Crippen molar-refractivity contribution in [3.05, 3.63) is 36.0 Å². The van der Waals surface area contributed by atoms with Crippen LogP contribution < -0.4 is 14.8 Å². The maximum Gasteiger partial charge on any atom is 0.573 e. The number of carbonyl (C=O) groups excluding carboxylic acids is 1. The number of para-hydroxylation sites is 1. The predicted molar refractivity (Wildman–Crippen MR) is 118 cm³/mol. The Morgan fingerprint density at radius 3 is 2.62 bits per heavy atom. The fraction of sp³-hybridized carbons (Fsp3) is 0.542. The van der Waals surface area contributed by atoms with E-state index < -0.39 is 12.5 Å². The van der Waals surface area contributed by atoms with Gasteiger partial charge >= 0.3 is 12.5 Å². The number of aromatic nitrogens is 1. The van der Waals surface area contributed by atoms with Gasteiger partial charge in [-0.15, -0.1) is 13.2 Å². The molecule has 2 aromatic rings. The van der Waals surface area contributed by atoms with Crippen molar-refractivity contribution in [1.82, 2.24) is 9.88 Å². The van der Waals surface area contributed by atoms with E-state index in [4.69, 9.17) is 14.2 Å². The smallest absolute Gasteiger partial charge is 0.408 e. The molecule has 1 saturated heterocycles. The molecule has 1 N–H and O–H groups in total. The third kappa shape index (κ3) is 6.24. The Balaban J connectivity index is 1.64. The van der Waals surface area contributed by atoms with Crippen LogP contribution in [0, 0.1) is 6.92 Å². The first-order valence-corrected chi connectivity index (χ1v) is 11.5. The lowest BCUT2D eigenvalue weighted by atomic mass is 9.96. The van der Waals surface area contributed by atoms with Crippen molar-refractivity contribution in [1.29, 1.82) is 0 Å². The summed E-state index contributed by atoms with van der Waals surface area (Å²) in [6.45, 7) is 3.35. The Bertz CT molecular complexity index is 979. The Kier molecular flexibility index (Phi) is 7.67. The molecule has 0 radical (unpaired) electrons.